The molecule has 0 saturated carbocycles. The minimum atomic E-state index is -3.54. The molecule has 0 bridgehead atoms. The van der Waals surface area contributed by atoms with E-state index in [4.69, 9.17) is 9.59 Å². The van der Waals surface area contributed by atoms with Gasteiger partial charge in [0.15, 0.2) is 0 Å². The normalized spacial score (nSPS) is 16.1. The molecule has 0 N–H and O–H groups in total. The molecular weight excluding hydrogens is 430 g/mol. The molecule has 1 saturated heterocycles. The molecule has 1 amide bonds. The summed E-state index contributed by atoms with van der Waals surface area (Å²) in [5, 5.41) is 0. The molecule has 32 heavy (non-hydrogen) atoms. The van der Waals surface area contributed by atoms with E-state index in [1.54, 1.807) is 27.4 Å². The maximum Gasteiger partial charge on any atom is 0.373 e. The van der Waals surface area contributed by atoms with E-state index in [-0.39, 0.29) is 12.1 Å². The summed E-state index contributed by atoms with van der Waals surface area (Å²) in [7, 11) is -3.54. The lowest BCUT2D eigenvalue weighted by molar-refractivity contribution is -0.191. The molecule has 0 aliphatic carbocycles. The largest absolute Gasteiger partial charge is 0.373 e. The van der Waals surface area contributed by atoms with Crippen molar-refractivity contribution in [1.82, 2.24) is 4.31 Å². The molecule has 0 atom stereocenters. The molecule has 2 aliphatic rings. The van der Waals surface area contributed by atoms with Gasteiger partial charge in [-0.15, -0.1) is 0 Å². The molecule has 4 rings (SSSR count). The third-order valence-corrected chi connectivity index (χ3v) is 7.69. The SMILES string of the molecule is CCC(=O)N1CCc2cc(S(=O)(=O)N3CCN(c4cccc(C)c4)CC3)ccc21.O=C=O. The Labute approximate surface area is 188 Å². The van der Waals surface area contributed by atoms with Crippen molar-refractivity contribution in [3.63, 3.8) is 0 Å². The Bertz CT molecular complexity index is 1120. The lowest BCUT2D eigenvalue weighted by Gasteiger charge is -2.35. The number of hydrogen-bond donors (Lipinski definition) is 0. The Balaban J connectivity index is 0.000000913. The van der Waals surface area contributed by atoms with Crippen molar-refractivity contribution in [2.75, 3.05) is 42.5 Å². The molecule has 2 heterocycles. The van der Waals surface area contributed by atoms with Crippen LogP contribution in [0.15, 0.2) is 47.4 Å². The maximum atomic E-state index is 13.2. The fourth-order valence-corrected chi connectivity index (χ4v) is 5.62. The molecule has 0 aromatic heterocycles. The standard InChI is InChI=1S/C22H27N3O3S.CO2/c1-3-22(26)25-10-9-18-16-20(7-8-21(18)25)29(27,28)24-13-11-23(12-14-24)19-6-4-5-17(2)15-19;2-1-3/h4-8,15-16H,3,9-14H2,1-2H3;. The topological polar surface area (TPSA) is 95.1 Å². The van der Waals surface area contributed by atoms with E-state index in [9.17, 15) is 13.2 Å². The van der Waals surface area contributed by atoms with Crippen LogP contribution in [0.1, 0.15) is 24.5 Å². The molecule has 2 aromatic rings. The zero-order valence-electron chi connectivity index (χ0n) is 18.3. The Morgan fingerprint density at radius 2 is 1.69 bits per heavy atom. The number of amides is 1. The van der Waals surface area contributed by atoms with Crippen LogP contribution in [0.4, 0.5) is 11.4 Å². The fourth-order valence-electron chi connectivity index (χ4n) is 4.15. The highest BCUT2D eigenvalue weighted by molar-refractivity contribution is 7.89. The summed E-state index contributed by atoms with van der Waals surface area (Å²) in [6.45, 7) is 6.81. The zero-order valence-corrected chi connectivity index (χ0v) is 19.1. The molecule has 2 aliphatic heterocycles. The second-order valence-electron chi connectivity index (χ2n) is 7.75. The van der Waals surface area contributed by atoms with Crippen LogP contribution >= 0.6 is 0 Å². The Hall–Kier alpha value is -3.00. The molecule has 0 unspecified atom stereocenters. The number of sulfonamides is 1. The van der Waals surface area contributed by atoms with Gasteiger partial charge in [-0.05, 0) is 54.8 Å². The smallest absolute Gasteiger partial charge is 0.369 e. The summed E-state index contributed by atoms with van der Waals surface area (Å²) < 4.78 is 27.9. The predicted molar refractivity (Wildman–Crippen MR) is 120 cm³/mol. The van der Waals surface area contributed by atoms with Crippen LogP contribution in [-0.2, 0) is 30.8 Å². The summed E-state index contributed by atoms with van der Waals surface area (Å²) in [5.41, 5.74) is 4.12. The number of rotatable bonds is 4. The van der Waals surface area contributed by atoms with Crippen LogP contribution in [0.5, 0.6) is 0 Å². The quantitative estimate of drug-likeness (QED) is 0.699. The van der Waals surface area contributed by atoms with E-state index in [1.807, 2.05) is 13.0 Å². The third kappa shape index (κ3) is 4.91. The minimum absolute atomic E-state index is 0.0756. The van der Waals surface area contributed by atoms with Gasteiger partial charge in [0.25, 0.3) is 0 Å². The number of hydrogen-bond acceptors (Lipinski definition) is 6. The average molecular weight is 458 g/mol. The van der Waals surface area contributed by atoms with Crippen molar-refractivity contribution in [1.29, 1.82) is 0 Å². The van der Waals surface area contributed by atoms with E-state index in [0.29, 0.717) is 50.5 Å². The number of anilines is 2. The highest BCUT2D eigenvalue weighted by Gasteiger charge is 2.31. The monoisotopic (exact) mass is 457 g/mol. The summed E-state index contributed by atoms with van der Waals surface area (Å²) in [5.74, 6) is 0.0756. The van der Waals surface area contributed by atoms with Crippen LogP contribution < -0.4 is 9.80 Å². The highest BCUT2D eigenvalue weighted by Crippen LogP contribution is 2.32. The van der Waals surface area contributed by atoms with Gasteiger partial charge in [0.05, 0.1) is 4.90 Å². The van der Waals surface area contributed by atoms with Crippen LogP contribution in [0.25, 0.3) is 0 Å². The number of nitrogens with zero attached hydrogens (tertiary/aromatic N) is 3. The lowest BCUT2D eigenvalue weighted by Crippen LogP contribution is -2.48. The molecule has 2 aromatic carbocycles. The molecule has 170 valence electrons. The van der Waals surface area contributed by atoms with Crippen molar-refractivity contribution in [3.05, 3.63) is 53.6 Å². The molecule has 8 nitrogen and oxygen atoms in total. The van der Waals surface area contributed by atoms with Gasteiger partial charge in [-0.3, -0.25) is 4.79 Å². The van der Waals surface area contributed by atoms with E-state index < -0.39 is 10.0 Å². The van der Waals surface area contributed by atoms with Gasteiger partial charge >= 0.3 is 6.15 Å². The Morgan fingerprint density at radius 1 is 1.00 bits per heavy atom. The third-order valence-electron chi connectivity index (χ3n) is 5.79. The Morgan fingerprint density at radius 3 is 2.31 bits per heavy atom. The highest BCUT2D eigenvalue weighted by atomic mass is 32.2. The second kappa shape index (κ2) is 10.1. The number of carbonyl (C=O) groups excluding carboxylic acids is 3. The summed E-state index contributed by atoms with van der Waals surface area (Å²) >= 11 is 0. The molecular formula is C23H27N3O5S. The van der Waals surface area contributed by atoms with Gasteiger partial charge in [-0.25, -0.2) is 8.42 Å². The van der Waals surface area contributed by atoms with Crippen LogP contribution in [0, 0.1) is 6.92 Å². The van der Waals surface area contributed by atoms with Crippen molar-refractivity contribution < 1.29 is 22.8 Å². The van der Waals surface area contributed by atoms with Gasteiger partial charge in [-0.1, -0.05) is 19.1 Å². The number of carbonyl (C=O) groups is 1. The molecule has 0 radical (unpaired) electrons. The molecule has 0 spiro atoms. The molecule has 1 fully saturated rings. The maximum absolute atomic E-state index is 13.2. The Kier molecular flexibility index (Phi) is 7.45. The zero-order chi connectivity index (χ0) is 23.3. The van der Waals surface area contributed by atoms with Crippen LogP contribution in [0.2, 0.25) is 0 Å². The van der Waals surface area contributed by atoms with Crippen molar-refractivity contribution in [2.24, 2.45) is 0 Å². The average Bonchev–Trinajstić information content (AvgIpc) is 3.22. The summed E-state index contributed by atoms with van der Waals surface area (Å²) in [6.07, 6.45) is 1.40. The number of benzene rings is 2. The van der Waals surface area contributed by atoms with Gasteiger partial charge in [0.1, 0.15) is 0 Å². The number of piperazine rings is 1. The molecule has 9 heteroatoms. The second-order valence-corrected chi connectivity index (χ2v) is 9.69. The first-order valence-electron chi connectivity index (χ1n) is 10.6. The van der Waals surface area contributed by atoms with Gasteiger partial charge in [-0.2, -0.15) is 13.9 Å². The summed E-state index contributed by atoms with van der Waals surface area (Å²) in [4.78, 5) is 32.6. The number of aryl methyl sites for hydroxylation is 1. The summed E-state index contributed by atoms with van der Waals surface area (Å²) in [6, 6.07) is 13.5. The van der Waals surface area contributed by atoms with E-state index >= 15 is 0 Å². The van der Waals surface area contributed by atoms with E-state index in [1.165, 1.54) is 5.56 Å². The first-order valence-corrected chi connectivity index (χ1v) is 12.0. The van der Waals surface area contributed by atoms with Gasteiger partial charge < -0.3 is 9.80 Å². The fraction of sp³-hybridized carbons (Fsp3) is 0.391. The first kappa shape index (κ1) is 23.7. The van der Waals surface area contributed by atoms with Crippen molar-refractivity contribution in [3.8, 4) is 0 Å². The van der Waals surface area contributed by atoms with E-state index in [0.717, 1.165) is 16.9 Å². The van der Waals surface area contributed by atoms with Crippen LogP contribution in [-0.4, -0.2) is 57.5 Å². The van der Waals surface area contributed by atoms with Gasteiger partial charge in [0.2, 0.25) is 15.9 Å². The predicted octanol–water partition coefficient (Wildman–Crippen LogP) is 2.22. The van der Waals surface area contributed by atoms with Crippen molar-refractivity contribution >= 4 is 33.5 Å². The first-order chi connectivity index (χ1) is 15.3. The van der Waals surface area contributed by atoms with Crippen LogP contribution in [0.3, 0.4) is 0 Å². The minimum Gasteiger partial charge on any atom is -0.369 e. The lowest BCUT2D eigenvalue weighted by atomic mass is 10.2. The van der Waals surface area contributed by atoms with Gasteiger partial charge in [0, 0.05) is 50.5 Å². The van der Waals surface area contributed by atoms with E-state index in [2.05, 4.69) is 30.0 Å². The number of fused-ring (bicyclic) bond motifs is 1. The van der Waals surface area contributed by atoms with Crippen molar-refractivity contribution in [2.45, 2.75) is 31.6 Å².